The normalized spacial score (nSPS) is 14.3. The fourth-order valence-corrected chi connectivity index (χ4v) is 5.28. The van der Waals surface area contributed by atoms with Crippen LogP contribution in [0.25, 0.3) is 0 Å². The Morgan fingerprint density at radius 1 is 0.974 bits per heavy atom. The molecule has 9 nitrogen and oxygen atoms in total. The Morgan fingerprint density at radius 2 is 1.74 bits per heavy atom. The molecule has 1 unspecified atom stereocenters. The number of nitrogens with one attached hydrogen (secondary N) is 2. The first-order valence-corrected chi connectivity index (χ1v) is 13.3. The molecule has 2 heterocycles. The second-order valence-electron chi connectivity index (χ2n) is 8.77. The van der Waals surface area contributed by atoms with Gasteiger partial charge in [-0.25, -0.2) is 4.68 Å². The summed E-state index contributed by atoms with van der Waals surface area (Å²) >= 11 is 1.53. The molecule has 1 aliphatic rings. The maximum absolute atomic E-state index is 13.8. The van der Waals surface area contributed by atoms with Crippen LogP contribution in [0.5, 0.6) is 17.2 Å². The number of carbonyl (C=O) groups is 1. The van der Waals surface area contributed by atoms with E-state index in [4.69, 9.17) is 24.3 Å². The highest BCUT2D eigenvalue weighted by Gasteiger charge is 2.36. The Bertz CT molecular complexity index is 1500. The van der Waals surface area contributed by atoms with Gasteiger partial charge in [-0.15, -0.1) is 5.10 Å². The average molecular weight is 544 g/mol. The van der Waals surface area contributed by atoms with Crippen molar-refractivity contribution in [2.45, 2.75) is 23.9 Å². The zero-order valence-electron chi connectivity index (χ0n) is 22.1. The van der Waals surface area contributed by atoms with Crippen molar-refractivity contribution in [1.29, 1.82) is 0 Å². The van der Waals surface area contributed by atoms with Crippen LogP contribution in [0.2, 0.25) is 0 Å². The van der Waals surface area contributed by atoms with Gasteiger partial charge in [-0.1, -0.05) is 54.2 Å². The first-order chi connectivity index (χ1) is 19.0. The number of nitrogens with zero attached hydrogens (tertiary/aromatic N) is 3. The van der Waals surface area contributed by atoms with Gasteiger partial charge in [-0.2, -0.15) is 4.98 Å². The number of ether oxygens (including phenoxy) is 3. The van der Waals surface area contributed by atoms with E-state index in [1.165, 1.54) is 17.3 Å². The minimum Gasteiger partial charge on any atom is -0.497 e. The van der Waals surface area contributed by atoms with Crippen LogP contribution < -0.4 is 24.8 Å². The topological polar surface area (TPSA) is 99.5 Å². The Morgan fingerprint density at radius 3 is 2.44 bits per heavy atom. The van der Waals surface area contributed by atoms with Crippen LogP contribution in [0.3, 0.4) is 0 Å². The largest absolute Gasteiger partial charge is 0.497 e. The molecule has 1 amide bonds. The standard InChI is InChI=1S/C29H29N5O4S/c1-18-24(27(35)31-20-13-15-21(36-2)16-14-20)25(22-11-8-12-23(37-3)26(22)38-4)34-28(30-18)32-29(33-34)39-17-19-9-6-5-7-10-19/h5-16,25H,17H2,1-4H3,(H,31,35)(H,30,32,33). The number of fused-ring (bicyclic) bond motifs is 1. The maximum Gasteiger partial charge on any atom is 0.255 e. The van der Waals surface area contributed by atoms with E-state index in [-0.39, 0.29) is 5.91 Å². The van der Waals surface area contributed by atoms with Crippen LogP contribution in [-0.4, -0.2) is 42.0 Å². The van der Waals surface area contributed by atoms with Gasteiger partial charge in [0.25, 0.3) is 5.91 Å². The molecule has 0 fully saturated rings. The second-order valence-corrected chi connectivity index (χ2v) is 9.71. The lowest BCUT2D eigenvalue weighted by atomic mass is 9.94. The Hall–Kier alpha value is -4.44. The molecule has 5 rings (SSSR count). The molecule has 0 radical (unpaired) electrons. The van der Waals surface area contributed by atoms with Crippen LogP contribution in [0.4, 0.5) is 11.6 Å². The molecule has 1 aromatic heterocycles. The third-order valence-electron chi connectivity index (χ3n) is 6.36. The number of para-hydroxylation sites is 1. The summed E-state index contributed by atoms with van der Waals surface area (Å²) in [4.78, 5) is 18.6. The van der Waals surface area contributed by atoms with Crippen molar-refractivity contribution in [3.05, 3.63) is 95.2 Å². The van der Waals surface area contributed by atoms with Crippen molar-refractivity contribution >= 4 is 29.3 Å². The molecule has 0 spiro atoms. The minimum absolute atomic E-state index is 0.278. The van der Waals surface area contributed by atoms with E-state index >= 15 is 0 Å². The highest BCUT2D eigenvalue weighted by Crippen LogP contribution is 2.43. The van der Waals surface area contributed by atoms with Gasteiger partial charge < -0.3 is 24.8 Å². The first-order valence-electron chi connectivity index (χ1n) is 12.3. The lowest BCUT2D eigenvalue weighted by molar-refractivity contribution is -0.113. The van der Waals surface area contributed by atoms with Gasteiger partial charge in [0.15, 0.2) is 11.5 Å². The van der Waals surface area contributed by atoms with Gasteiger partial charge in [-0.05, 0) is 42.8 Å². The summed E-state index contributed by atoms with van der Waals surface area (Å²) in [5, 5.41) is 11.7. The molecule has 4 aromatic rings. The summed E-state index contributed by atoms with van der Waals surface area (Å²) < 4.78 is 18.3. The van der Waals surface area contributed by atoms with E-state index in [2.05, 4.69) is 22.8 Å². The molecule has 1 atom stereocenters. The molecule has 10 heteroatoms. The maximum atomic E-state index is 13.8. The van der Waals surface area contributed by atoms with Crippen LogP contribution in [-0.2, 0) is 10.5 Å². The summed E-state index contributed by atoms with van der Waals surface area (Å²) in [7, 11) is 4.77. The number of rotatable bonds is 9. The van der Waals surface area contributed by atoms with Crippen LogP contribution in [0.15, 0.2) is 89.2 Å². The quantitative estimate of drug-likeness (QED) is 0.266. The molecule has 3 aromatic carbocycles. The Balaban J connectivity index is 1.54. The number of benzene rings is 3. The predicted octanol–water partition coefficient (Wildman–Crippen LogP) is 5.52. The summed E-state index contributed by atoms with van der Waals surface area (Å²) in [5.41, 5.74) is 3.68. The Kier molecular flexibility index (Phi) is 7.74. The van der Waals surface area contributed by atoms with Crippen LogP contribution >= 0.6 is 11.8 Å². The summed E-state index contributed by atoms with van der Waals surface area (Å²) in [6.45, 7) is 1.86. The fourth-order valence-electron chi connectivity index (χ4n) is 4.50. The van der Waals surface area contributed by atoms with Crippen molar-refractivity contribution in [2.24, 2.45) is 0 Å². The number of hydrogen-bond donors (Lipinski definition) is 2. The number of hydrogen-bond acceptors (Lipinski definition) is 8. The van der Waals surface area contributed by atoms with Crippen LogP contribution in [0.1, 0.15) is 24.1 Å². The number of methoxy groups -OCH3 is 3. The van der Waals surface area contributed by atoms with Crippen molar-refractivity contribution in [2.75, 3.05) is 32.0 Å². The van der Waals surface area contributed by atoms with Gasteiger partial charge >= 0.3 is 0 Å². The second kappa shape index (κ2) is 11.5. The predicted molar refractivity (Wildman–Crippen MR) is 152 cm³/mol. The van der Waals surface area contributed by atoms with Gasteiger partial charge in [-0.3, -0.25) is 4.79 Å². The number of thioether (sulfide) groups is 1. The van der Waals surface area contributed by atoms with Gasteiger partial charge in [0.1, 0.15) is 11.8 Å². The minimum atomic E-state index is -0.622. The summed E-state index contributed by atoms with van der Waals surface area (Å²) in [6, 6.07) is 22.3. The molecular formula is C29H29N5O4S. The monoisotopic (exact) mass is 543 g/mol. The van der Waals surface area contributed by atoms with E-state index in [9.17, 15) is 4.79 Å². The number of carbonyl (C=O) groups excluding carboxylic acids is 1. The summed E-state index contributed by atoms with van der Waals surface area (Å²) in [5.74, 6) is 2.76. The molecule has 0 aliphatic carbocycles. The molecule has 200 valence electrons. The van der Waals surface area contributed by atoms with Crippen molar-refractivity contribution in [3.63, 3.8) is 0 Å². The van der Waals surface area contributed by atoms with E-state index < -0.39 is 6.04 Å². The highest BCUT2D eigenvalue weighted by molar-refractivity contribution is 7.98. The van der Waals surface area contributed by atoms with Crippen molar-refractivity contribution in [3.8, 4) is 17.2 Å². The third kappa shape index (κ3) is 5.42. The van der Waals surface area contributed by atoms with Gasteiger partial charge in [0.2, 0.25) is 11.1 Å². The SMILES string of the molecule is COc1ccc(NC(=O)C2=C(C)Nc3nc(SCc4ccccc4)nn3C2c2cccc(OC)c2OC)cc1. The lowest BCUT2D eigenvalue weighted by Crippen LogP contribution is -2.31. The fraction of sp³-hybridized carbons (Fsp3) is 0.207. The highest BCUT2D eigenvalue weighted by atomic mass is 32.2. The zero-order valence-corrected chi connectivity index (χ0v) is 22.9. The van der Waals surface area contributed by atoms with E-state index in [1.807, 2.05) is 43.3 Å². The molecule has 1 aliphatic heterocycles. The average Bonchev–Trinajstić information content (AvgIpc) is 3.38. The number of anilines is 2. The smallest absolute Gasteiger partial charge is 0.255 e. The lowest BCUT2D eigenvalue weighted by Gasteiger charge is -2.29. The third-order valence-corrected chi connectivity index (χ3v) is 7.27. The number of amides is 1. The number of aromatic nitrogens is 3. The van der Waals surface area contributed by atoms with Crippen LogP contribution in [0, 0.1) is 0 Å². The Labute approximate surface area is 231 Å². The zero-order chi connectivity index (χ0) is 27.4. The summed E-state index contributed by atoms with van der Waals surface area (Å²) in [6.07, 6.45) is 0. The first kappa shape index (κ1) is 26.2. The van der Waals surface area contributed by atoms with E-state index in [0.29, 0.717) is 51.1 Å². The van der Waals surface area contributed by atoms with Gasteiger partial charge in [0, 0.05) is 22.7 Å². The molecule has 0 bridgehead atoms. The number of allylic oxidation sites excluding steroid dienone is 1. The molecule has 39 heavy (non-hydrogen) atoms. The van der Waals surface area contributed by atoms with E-state index in [1.54, 1.807) is 50.3 Å². The molecule has 0 saturated heterocycles. The molecule has 0 saturated carbocycles. The molecular weight excluding hydrogens is 514 g/mol. The van der Waals surface area contributed by atoms with Gasteiger partial charge in [0.05, 0.1) is 26.9 Å². The van der Waals surface area contributed by atoms with E-state index in [0.717, 1.165) is 5.56 Å². The van der Waals surface area contributed by atoms with Crippen molar-refractivity contribution in [1.82, 2.24) is 14.8 Å². The molecule has 2 N–H and O–H groups in total. The van der Waals surface area contributed by atoms with Crippen molar-refractivity contribution < 1.29 is 19.0 Å².